The lowest BCUT2D eigenvalue weighted by Crippen LogP contribution is -2.03. The van der Waals surface area contributed by atoms with Crippen molar-refractivity contribution in [1.29, 1.82) is 0 Å². The number of hydrogen-bond donors (Lipinski definition) is 0. The SMILES string of the molecule is COc1cc(C(=O)c2ccc3c(c2)COC3)ccc1Cl. The van der Waals surface area contributed by atoms with Crippen LogP contribution in [-0.4, -0.2) is 12.9 Å². The van der Waals surface area contributed by atoms with Crippen molar-refractivity contribution in [3.05, 3.63) is 63.7 Å². The van der Waals surface area contributed by atoms with Gasteiger partial charge >= 0.3 is 0 Å². The number of ether oxygens (including phenoxy) is 2. The normalized spacial score (nSPS) is 13.1. The molecular weight excluding hydrogens is 276 g/mol. The van der Waals surface area contributed by atoms with Crippen molar-refractivity contribution < 1.29 is 14.3 Å². The van der Waals surface area contributed by atoms with Gasteiger partial charge in [-0.3, -0.25) is 4.79 Å². The lowest BCUT2D eigenvalue weighted by Gasteiger charge is -2.07. The van der Waals surface area contributed by atoms with E-state index in [0.717, 1.165) is 11.1 Å². The Morgan fingerprint density at radius 3 is 2.60 bits per heavy atom. The predicted molar refractivity (Wildman–Crippen MR) is 76.4 cm³/mol. The molecule has 0 saturated heterocycles. The molecule has 1 heterocycles. The van der Waals surface area contributed by atoms with Crippen molar-refractivity contribution in [2.45, 2.75) is 13.2 Å². The molecule has 2 aromatic carbocycles. The zero-order valence-corrected chi connectivity index (χ0v) is 11.7. The molecule has 0 atom stereocenters. The molecule has 1 aliphatic heterocycles. The van der Waals surface area contributed by atoms with E-state index in [-0.39, 0.29) is 5.78 Å². The minimum absolute atomic E-state index is 0.0466. The summed E-state index contributed by atoms with van der Waals surface area (Å²) >= 11 is 5.97. The van der Waals surface area contributed by atoms with E-state index < -0.39 is 0 Å². The number of halogens is 1. The highest BCUT2D eigenvalue weighted by Gasteiger charge is 2.16. The second kappa shape index (κ2) is 5.27. The average molecular weight is 289 g/mol. The van der Waals surface area contributed by atoms with Crippen LogP contribution in [0.4, 0.5) is 0 Å². The van der Waals surface area contributed by atoms with Crippen LogP contribution in [-0.2, 0) is 18.0 Å². The van der Waals surface area contributed by atoms with Gasteiger partial charge in [0.2, 0.25) is 0 Å². The Morgan fingerprint density at radius 1 is 1.10 bits per heavy atom. The summed E-state index contributed by atoms with van der Waals surface area (Å²) in [5.74, 6) is 0.455. The zero-order chi connectivity index (χ0) is 14.1. The fourth-order valence-corrected chi connectivity index (χ4v) is 2.48. The van der Waals surface area contributed by atoms with Crippen molar-refractivity contribution in [2.75, 3.05) is 7.11 Å². The second-order valence-corrected chi connectivity index (χ2v) is 5.06. The second-order valence-electron chi connectivity index (χ2n) is 4.65. The van der Waals surface area contributed by atoms with E-state index in [1.807, 2.05) is 18.2 Å². The molecule has 102 valence electrons. The maximum atomic E-state index is 12.5. The van der Waals surface area contributed by atoms with Crippen LogP contribution in [0.15, 0.2) is 36.4 Å². The van der Waals surface area contributed by atoms with Gasteiger partial charge in [0.25, 0.3) is 0 Å². The molecule has 2 aromatic rings. The molecule has 0 spiro atoms. The third-order valence-electron chi connectivity index (χ3n) is 3.40. The van der Waals surface area contributed by atoms with Crippen molar-refractivity contribution in [3.63, 3.8) is 0 Å². The summed E-state index contributed by atoms with van der Waals surface area (Å²) in [6.07, 6.45) is 0. The molecule has 20 heavy (non-hydrogen) atoms. The van der Waals surface area contributed by atoms with Gasteiger partial charge < -0.3 is 9.47 Å². The highest BCUT2D eigenvalue weighted by Crippen LogP contribution is 2.27. The number of carbonyl (C=O) groups is 1. The van der Waals surface area contributed by atoms with Crippen LogP contribution in [0, 0.1) is 0 Å². The van der Waals surface area contributed by atoms with Crippen molar-refractivity contribution in [2.24, 2.45) is 0 Å². The number of benzene rings is 2. The van der Waals surface area contributed by atoms with Crippen LogP contribution in [0.1, 0.15) is 27.0 Å². The highest BCUT2D eigenvalue weighted by atomic mass is 35.5. The Kier molecular flexibility index (Phi) is 3.47. The van der Waals surface area contributed by atoms with Gasteiger partial charge in [-0.15, -0.1) is 0 Å². The molecule has 0 amide bonds. The number of rotatable bonds is 3. The molecule has 0 bridgehead atoms. The van der Waals surface area contributed by atoms with Crippen LogP contribution >= 0.6 is 11.6 Å². The van der Waals surface area contributed by atoms with Gasteiger partial charge in [-0.2, -0.15) is 0 Å². The van der Waals surface area contributed by atoms with E-state index >= 15 is 0 Å². The standard InChI is InChI=1S/C16H13ClO3/c1-19-15-7-11(4-5-14(15)17)16(18)10-2-3-12-8-20-9-13(12)6-10/h2-7H,8-9H2,1H3. The third kappa shape index (κ3) is 2.30. The van der Waals surface area contributed by atoms with Crippen molar-refractivity contribution in [1.82, 2.24) is 0 Å². The van der Waals surface area contributed by atoms with Crippen LogP contribution in [0.25, 0.3) is 0 Å². The Morgan fingerprint density at radius 2 is 1.80 bits per heavy atom. The molecule has 0 unspecified atom stereocenters. The van der Waals surface area contributed by atoms with Crippen LogP contribution < -0.4 is 4.74 Å². The molecule has 0 aromatic heterocycles. The molecule has 0 N–H and O–H groups in total. The van der Waals surface area contributed by atoms with Gasteiger partial charge in [0.1, 0.15) is 5.75 Å². The van der Waals surface area contributed by atoms with Crippen LogP contribution in [0.3, 0.4) is 0 Å². The molecule has 0 saturated carbocycles. The lowest BCUT2D eigenvalue weighted by atomic mass is 9.99. The number of methoxy groups -OCH3 is 1. The molecule has 3 rings (SSSR count). The molecule has 1 aliphatic rings. The number of hydrogen-bond acceptors (Lipinski definition) is 3. The first-order chi connectivity index (χ1) is 9.69. The van der Waals surface area contributed by atoms with E-state index in [1.165, 1.54) is 7.11 Å². The summed E-state index contributed by atoms with van der Waals surface area (Å²) in [5.41, 5.74) is 3.44. The maximum Gasteiger partial charge on any atom is 0.193 e. The smallest absolute Gasteiger partial charge is 0.193 e. The van der Waals surface area contributed by atoms with E-state index in [1.54, 1.807) is 18.2 Å². The summed E-state index contributed by atoms with van der Waals surface area (Å²) < 4.78 is 10.5. The summed E-state index contributed by atoms with van der Waals surface area (Å²) in [6, 6.07) is 10.7. The van der Waals surface area contributed by atoms with E-state index in [4.69, 9.17) is 21.1 Å². The number of ketones is 1. The van der Waals surface area contributed by atoms with Crippen LogP contribution in [0.2, 0.25) is 5.02 Å². The number of fused-ring (bicyclic) bond motifs is 1. The molecule has 0 radical (unpaired) electrons. The van der Waals surface area contributed by atoms with Crippen molar-refractivity contribution in [3.8, 4) is 5.75 Å². The number of carbonyl (C=O) groups excluding carboxylic acids is 1. The molecule has 3 nitrogen and oxygen atoms in total. The molecular formula is C16H13ClO3. The topological polar surface area (TPSA) is 35.5 Å². The first kappa shape index (κ1) is 13.2. The predicted octanol–water partition coefficient (Wildman–Crippen LogP) is 3.61. The van der Waals surface area contributed by atoms with Gasteiger partial charge in [0.05, 0.1) is 25.3 Å². The quantitative estimate of drug-likeness (QED) is 0.810. The summed E-state index contributed by atoms with van der Waals surface area (Å²) in [5, 5.41) is 0.492. The Hall–Kier alpha value is -1.84. The lowest BCUT2D eigenvalue weighted by molar-refractivity contribution is 0.103. The first-order valence-corrected chi connectivity index (χ1v) is 6.64. The van der Waals surface area contributed by atoms with Gasteiger partial charge in [0.15, 0.2) is 5.78 Å². The monoisotopic (exact) mass is 288 g/mol. The highest BCUT2D eigenvalue weighted by molar-refractivity contribution is 6.32. The van der Waals surface area contributed by atoms with Crippen LogP contribution in [0.5, 0.6) is 5.75 Å². The summed E-state index contributed by atoms with van der Waals surface area (Å²) in [7, 11) is 1.53. The van der Waals surface area contributed by atoms with Gasteiger partial charge in [-0.05, 0) is 35.4 Å². The Bertz CT molecular complexity index is 666. The fraction of sp³-hybridized carbons (Fsp3) is 0.188. The van der Waals surface area contributed by atoms with E-state index in [2.05, 4.69) is 0 Å². The van der Waals surface area contributed by atoms with Gasteiger partial charge in [0, 0.05) is 11.1 Å². The zero-order valence-electron chi connectivity index (χ0n) is 11.0. The van der Waals surface area contributed by atoms with Crippen molar-refractivity contribution >= 4 is 17.4 Å². The average Bonchev–Trinajstić information content (AvgIpc) is 2.94. The van der Waals surface area contributed by atoms with E-state index in [0.29, 0.717) is 35.1 Å². The first-order valence-electron chi connectivity index (χ1n) is 6.27. The maximum absolute atomic E-state index is 12.5. The minimum Gasteiger partial charge on any atom is -0.495 e. The molecule has 0 aliphatic carbocycles. The third-order valence-corrected chi connectivity index (χ3v) is 3.71. The molecule has 4 heteroatoms. The molecule has 0 fully saturated rings. The fourth-order valence-electron chi connectivity index (χ4n) is 2.28. The van der Waals surface area contributed by atoms with E-state index in [9.17, 15) is 4.79 Å². The minimum atomic E-state index is -0.0466. The largest absolute Gasteiger partial charge is 0.495 e. The van der Waals surface area contributed by atoms with Gasteiger partial charge in [-0.1, -0.05) is 23.7 Å². The summed E-state index contributed by atoms with van der Waals surface area (Å²) in [4.78, 5) is 12.5. The Balaban J connectivity index is 1.96. The summed E-state index contributed by atoms with van der Waals surface area (Å²) in [6.45, 7) is 1.19. The Labute approximate surface area is 122 Å². The van der Waals surface area contributed by atoms with Gasteiger partial charge in [-0.25, -0.2) is 0 Å².